The van der Waals surface area contributed by atoms with E-state index in [1.807, 2.05) is 18.2 Å². The van der Waals surface area contributed by atoms with Gasteiger partial charge in [-0.05, 0) is 49.9 Å². The Kier molecular flexibility index (Phi) is 12.4. The van der Waals surface area contributed by atoms with Crippen LogP contribution in [0.1, 0.15) is 98.8 Å². The number of nitrogens with zero attached hydrogens (tertiary/aromatic N) is 7. The maximum Gasteiger partial charge on any atom is 0.211 e. The summed E-state index contributed by atoms with van der Waals surface area (Å²) in [5, 5.41) is 3.40. The van der Waals surface area contributed by atoms with E-state index in [1.54, 1.807) is 24.8 Å². The van der Waals surface area contributed by atoms with E-state index in [0.29, 0.717) is 65.3 Å². The highest BCUT2D eigenvalue weighted by Gasteiger charge is 2.38. The Labute approximate surface area is 375 Å². The van der Waals surface area contributed by atoms with E-state index in [0.717, 1.165) is 100 Å². The minimum atomic E-state index is -3.16. The van der Waals surface area contributed by atoms with Gasteiger partial charge in [0.2, 0.25) is 10.0 Å². The normalized spacial score (nSPS) is 19.3. The summed E-state index contributed by atoms with van der Waals surface area (Å²) in [5.41, 5.74) is 9.01. The van der Waals surface area contributed by atoms with E-state index in [9.17, 15) is 18.0 Å². The van der Waals surface area contributed by atoms with Crippen LogP contribution in [0.15, 0.2) is 73.3 Å². The summed E-state index contributed by atoms with van der Waals surface area (Å²) in [6.45, 7) is 10.4. The Morgan fingerprint density at radius 1 is 0.609 bits per heavy atom. The molecule has 4 aliphatic rings. The topological polar surface area (TPSA) is 173 Å². The van der Waals surface area contributed by atoms with E-state index < -0.39 is 10.0 Å². The standard InChI is InChI=1S/C25H31N5O3S.C24H29N5O/c1-25(9-4-3-5-10-25)23(31)20-16-26-24-22(20)28-21(17-27-24)18-7-6-8-19(15-18)29-11-13-30(14-12-29)34(2,32)33;1-24(8-3-2-4-9-24)22(30)19-15-26-23-21(19)28-20(16-27-23)17-6-5-7-18(14-17)29-12-10-25-11-13-29/h6-8,15-17H,3-5,9-14H2,1-2H3,(H,26,27);5-7,14-16,25H,2-4,8-13H2,1H3,(H,26,27). The summed E-state index contributed by atoms with van der Waals surface area (Å²) in [6, 6.07) is 16.5. The third kappa shape index (κ3) is 9.07. The van der Waals surface area contributed by atoms with Gasteiger partial charge in [0.25, 0.3) is 0 Å². The highest BCUT2D eigenvalue weighted by Crippen LogP contribution is 2.41. The highest BCUT2D eigenvalue weighted by atomic mass is 32.2. The van der Waals surface area contributed by atoms with Crippen LogP contribution in [0.3, 0.4) is 0 Å². The second-order valence-electron chi connectivity index (χ2n) is 18.7. The molecule has 0 unspecified atom stereocenters. The van der Waals surface area contributed by atoms with Crippen molar-refractivity contribution < 1.29 is 18.0 Å². The van der Waals surface area contributed by atoms with Gasteiger partial charge in [0.1, 0.15) is 11.0 Å². The molecule has 15 heteroatoms. The number of benzene rings is 2. The van der Waals surface area contributed by atoms with Gasteiger partial charge in [-0.25, -0.2) is 28.4 Å². The van der Waals surface area contributed by atoms with Crippen molar-refractivity contribution in [3.8, 4) is 22.5 Å². The first-order valence-corrected chi connectivity index (χ1v) is 24.9. The van der Waals surface area contributed by atoms with Gasteiger partial charge in [0.05, 0.1) is 41.2 Å². The number of aromatic nitrogens is 6. The summed E-state index contributed by atoms with van der Waals surface area (Å²) in [7, 11) is -3.16. The Bertz CT molecular complexity index is 2760. The fraction of sp³-hybridized carbons (Fsp3) is 0.469. The van der Waals surface area contributed by atoms with Crippen LogP contribution in [0, 0.1) is 10.8 Å². The van der Waals surface area contributed by atoms with Crippen molar-refractivity contribution >= 4 is 55.3 Å². The number of aromatic amines is 2. The zero-order chi connectivity index (χ0) is 44.5. The maximum atomic E-state index is 13.5. The van der Waals surface area contributed by atoms with Crippen LogP contribution < -0.4 is 15.1 Å². The molecule has 0 bridgehead atoms. The van der Waals surface area contributed by atoms with Gasteiger partial charge in [0.15, 0.2) is 22.9 Å². The van der Waals surface area contributed by atoms with Gasteiger partial charge >= 0.3 is 0 Å². The molecule has 2 aromatic carbocycles. The van der Waals surface area contributed by atoms with Crippen LogP contribution >= 0.6 is 0 Å². The number of nitrogens with one attached hydrogen (secondary N) is 3. The Morgan fingerprint density at radius 2 is 1.05 bits per heavy atom. The molecule has 0 amide bonds. The second-order valence-corrected chi connectivity index (χ2v) is 20.7. The summed E-state index contributed by atoms with van der Waals surface area (Å²) in [5.74, 6) is 0.358. The lowest BCUT2D eigenvalue weighted by Gasteiger charge is -2.34. The Hall–Kier alpha value is -5.51. The van der Waals surface area contributed by atoms with Gasteiger partial charge in [-0.15, -0.1) is 0 Å². The maximum absolute atomic E-state index is 13.5. The zero-order valence-electron chi connectivity index (χ0n) is 37.3. The van der Waals surface area contributed by atoms with Crippen molar-refractivity contribution in [1.29, 1.82) is 0 Å². The number of Topliss-reactive ketones (excluding diaryl/α,β-unsaturated/α-hetero) is 2. The Balaban J connectivity index is 0.000000163. The second kappa shape index (κ2) is 18.2. The van der Waals surface area contributed by atoms with Crippen LogP contribution in [0.5, 0.6) is 0 Å². The molecule has 14 nitrogen and oxygen atoms in total. The summed E-state index contributed by atoms with van der Waals surface area (Å²) < 4.78 is 25.1. The smallest absolute Gasteiger partial charge is 0.211 e. The van der Waals surface area contributed by atoms with Crippen molar-refractivity contribution in [2.75, 3.05) is 68.4 Å². The van der Waals surface area contributed by atoms with Crippen molar-refractivity contribution in [2.24, 2.45) is 10.8 Å². The van der Waals surface area contributed by atoms with E-state index >= 15 is 0 Å². The van der Waals surface area contributed by atoms with Gasteiger partial charge in [0, 0.05) is 98.1 Å². The number of sulfonamides is 1. The van der Waals surface area contributed by atoms with Crippen LogP contribution in [0.25, 0.3) is 44.8 Å². The van der Waals surface area contributed by atoms with Gasteiger partial charge in [-0.3, -0.25) is 9.59 Å². The van der Waals surface area contributed by atoms with Crippen LogP contribution in [-0.2, 0) is 10.0 Å². The monoisotopic (exact) mass is 884 g/mol. The molecule has 64 heavy (non-hydrogen) atoms. The molecule has 4 fully saturated rings. The summed E-state index contributed by atoms with van der Waals surface area (Å²) >= 11 is 0. The number of ketones is 2. The largest absolute Gasteiger partial charge is 0.369 e. The number of hydrogen-bond donors (Lipinski definition) is 3. The minimum absolute atomic E-state index is 0.155. The predicted octanol–water partition coefficient (Wildman–Crippen LogP) is 8.05. The molecule has 6 heterocycles. The van der Waals surface area contributed by atoms with Gasteiger partial charge in [-0.1, -0.05) is 76.6 Å². The molecule has 6 aromatic rings. The SMILES string of the molecule is CC1(C(=O)c2c[nH]c3ncc(-c4cccc(N5CCN(S(C)(=O)=O)CC5)c4)nc23)CCCCC1.CC1(C(=O)c2c[nH]c3ncc(-c4cccc(N5CCNCC5)c4)nc23)CCCCC1. The zero-order valence-corrected chi connectivity index (χ0v) is 38.1. The van der Waals surface area contributed by atoms with Crippen molar-refractivity contribution in [3.63, 3.8) is 0 Å². The third-order valence-corrected chi connectivity index (χ3v) is 15.4. The number of anilines is 2. The minimum Gasteiger partial charge on any atom is -0.369 e. The molecule has 0 atom stereocenters. The molecule has 3 N–H and O–H groups in total. The molecule has 2 saturated heterocycles. The number of piperazine rings is 2. The van der Waals surface area contributed by atoms with E-state index in [4.69, 9.17) is 9.97 Å². The molecule has 336 valence electrons. The molecular formula is C49H60N10O4S. The highest BCUT2D eigenvalue weighted by molar-refractivity contribution is 7.88. The lowest BCUT2D eigenvalue weighted by atomic mass is 9.71. The molecule has 2 aliphatic carbocycles. The molecule has 4 aromatic heterocycles. The molecule has 2 aliphatic heterocycles. The van der Waals surface area contributed by atoms with E-state index in [1.165, 1.54) is 29.1 Å². The quantitative estimate of drug-likeness (QED) is 0.120. The van der Waals surface area contributed by atoms with E-state index in [2.05, 4.69) is 79.2 Å². The number of rotatable bonds is 9. The first kappa shape index (κ1) is 43.7. The van der Waals surface area contributed by atoms with Crippen LogP contribution in [-0.4, -0.2) is 113 Å². The average molecular weight is 885 g/mol. The lowest BCUT2D eigenvalue weighted by Crippen LogP contribution is -2.48. The summed E-state index contributed by atoms with van der Waals surface area (Å²) in [4.78, 5) is 56.6. The van der Waals surface area contributed by atoms with E-state index in [-0.39, 0.29) is 22.4 Å². The number of carbonyl (C=O) groups excluding carboxylic acids is 2. The molecule has 0 spiro atoms. The number of carbonyl (C=O) groups is 2. The van der Waals surface area contributed by atoms with Crippen molar-refractivity contribution in [3.05, 3.63) is 84.4 Å². The van der Waals surface area contributed by atoms with Gasteiger partial charge < -0.3 is 25.1 Å². The first-order valence-electron chi connectivity index (χ1n) is 23.0. The van der Waals surface area contributed by atoms with Crippen LogP contribution in [0.2, 0.25) is 0 Å². The summed E-state index contributed by atoms with van der Waals surface area (Å²) in [6.07, 6.45) is 18.9. The lowest BCUT2D eigenvalue weighted by molar-refractivity contribution is 0.0745. The molecule has 0 radical (unpaired) electrons. The first-order chi connectivity index (χ1) is 30.9. The van der Waals surface area contributed by atoms with Crippen molar-refractivity contribution in [1.82, 2.24) is 39.5 Å². The predicted molar refractivity (Wildman–Crippen MR) is 253 cm³/mol. The fourth-order valence-corrected chi connectivity index (χ4v) is 10.9. The Morgan fingerprint density at radius 3 is 1.48 bits per heavy atom. The third-order valence-electron chi connectivity index (χ3n) is 14.1. The van der Waals surface area contributed by atoms with Crippen LogP contribution in [0.4, 0.5) is 11.4 Å². The molecule has 2 saturated carbocycles. The fourth-order valence-electron chi connectivity index (χ4n) is 10.1. The molecule has 10 rings (SSSR count). The van der Waals surface area contributed by atoms with Gasteiger partial charge in [-0.2, -0.15) is 4.31 Å². The number of hydrogen-bond acceptors (Lipinski definition) is 11. The van der Waals surface area contributed by atoms with Crippen molar-refractivity contribution in [2.45, 2.75) is 78.1 Å². The number of H-pyrrole nitrogens is 2. The average Bonchev–Trinajstić information content (AvgIpc) is 3.96. The number of fused-ring (bicyclic) bond motifs is 2. The molecular weight excluding hydrogens is 825 g/mol.